The number of halogens is 1. The van der Waals surface area contributed by atoms with Crippen molar-refractivity contribution in [2.45, 2.75) is 6.04 Å². The lowest BCUT2D eigenvalue weighted by Gasteiger charge is -2.13. The molecule has 0 aliphatic carbocycles. The van der Waals surface area contributed by atoms with Crippen LogP contribution in [0.5, 0.6) is 0 Å². The second kappa shape index (κ2) is 5.40. The Hall–Kier alpha value is -0.340. The van der Waals surface area contributed by atoms with E-state index in [1.165, 1.54) is 4.88 Å². The second-order valence-corrected chi connectivity index (χ2v) is 4.31. The number of hydrogen-bond acceptors (Lipinski definition) is 3. The molecular formula is C9H11BrN2S. The average Bonchev–Trinajstić information content (AvgIpc) is 2.54. The summed E-state index contributed by atoms with van der Waals surface area (Å²) in [7, 11) is 0. The van der Waals surface area contributed by atoms with E-state index in [9.17, 15) is 0 Å². The quantitative estimate of drug-likeness (QED) is 0.808. The zero-order valence-electron chi connectivity index (χ0n) is 7.09. The molecule has 1 atom stereocenters. The van der Waals surface area contributed by atoms with E-state index in [1.54, 1.807) is 11.3 Å². The molecule has 0 amide bonds. The van der Waals surface area contributed by atoms with Gasteiger partial charge in [0.2, 0.25) is 0 Å². The van der Waals surface area contributed by atoms with Gasteiger partial charge in [0.25, 0.3) is 0 Å². The van der Waals surface area contributed by atoms with Crippen molar-refractivity contribution in [2.75, 3.05) is 13.1 Å². The molecule has 0 aliphatic rings. The highest BCUT2D eigenvalue weighted by Crippen LogP contribution is 2.28. The smallest absolute Gasteiger partial charge is 0.0579 e. The van der Waals surface area contributed by atoms with E-state index in [0.29, 0.717) is 13.1 Å². The monoisotopic (exact) mass is 258 g/mol. The van der Waals surface area contributed by atoms with Crippen LogP contribution in [0.1, 0.15) is 10.9 Å². The predicted molar refractivity (Wildman–Crippen MR) is 60.7 cm³/mol. The summed E-state index contributed by atoms with van der Waals surface area (Å²) in [6, 6.07) is 2.17. The van der Waals surface area contributed by atoms with Gasteiger partial charge in [-0.05, 0) is 27.4 Å². The number of hydrogen-bond donors (Lipinski definition) is 2. The summed E-state index contributed by atoms with van der Waals surface area (Å²) in [5.74, 6) is 2.54. The minimum absolute atomic E-state index is 0.158. The van der Waals surface area contributed by atoms with Gasteiger partial charge in [-0.1, -0.05) is 5.92 Å². The number of thiophene rings is 1. The number of nitrogens with one attached hydrogen (secondary N) is 1. The van der Waals surface area contributed by atoms with E-state index in [1.807, 2.05) is 11.4 Å². The first kappa shape index (κ1) is 10.7. The molecule has 0 spiro atoms. The maximum atomic E-state index is 5.63. The first-order chi connectivity index (χ1) is 6.29. The second-order valence-electron chi connectivity index (χ2n) is 2.51. The largest absolute Gasteiger partial charge is 0.329 e. The summed E-state index contributed by atoms with van der Waals surface area (Å²) in [6.45, 7) is 1.10. The highest BCUT2D eigenvalue weighted by Gasteiger charge is 2.12. The zero-order valence-corrected chi connectivity index (χ0v) is 9.49. The van der Waals surface area contributed by atoms with Gasteiger partial charge in [0.1, 0.15) is 0 Å². The molecule has 1 aromatic rings. The van der Waals surface area contributed by atoms with Crippen molar-refractivity contribution in [1.29, 1.82) is 0 Å². The fourth-order valence-corrected chi connectivity index (χ4v) is 2.76. The van der Waals surface area contributed by atoms with Gasteiger partial charge < -0.3 is 5.73 Å². The molecular weight excluding hydrogens is 248 g/mol. The Morgan fingerprint density at radius 1 is 1.77 bits per heavy atom. The molecule has 3 N–H and O–H groups in total. The molecule has 0 aliphatic heterocycles. The van der Waals surface area contributed by atoms with Gasteiger partial charge in [0, 0.05) is 15.9 Å². The van der Waals surface area contributed by atoms with Crippen LogP contribution < -0.4 is 11.1 Å². The van der Waals surface area contributed by atoms with Crippen molar-refractivity contribution in [1.82, 2.24) is 5.32 Å². The van der Waals surface area contributed by atoms with Crippen LogP contribution in [0.4, 0.5) is 0 Å². The van der Waals surface area contributed by atoms with Crippen molar-refractivity contribution in [3.63, 3.8) is 0 Å². The van der Waals surface area contributed by atoms with Crippen LogP contribution in [-0.2, 0) is 0 Å². The van der Waals surface area contributed by atoms with E-state index < -0.39 is 0 Å². The van der Waals surface area contributed by atoms with Gasteiger partial charge in [-0.15, -0.1) is 17.8 Å². The Kier molecular flexibility index (Phi) is 4.46. The molecule has 0 radical (unpaired) electrons. The molecule has 2 nitrogen and oxygen atoms in total. The summed E-state index contributed by atoms with van der Waals surface area (Å²) >= 11 is 5.14. The Bertz CT molecular complexity index is 303. The van der Waals surface area contributed by atoms with Crippen molar-refractivity contribution >= 4 is 27.3 Å². The summed E-state index contributed by atoms with van der Waals surface area (Å²) in [5, 5.41) is 5.21. The lowest BCUT2D eigenvalue weighted by Crippen LogP contribution is -2.27. The summed E-state index contributed by atoms with van der Waals surface area (Å²) in [6.07, 6.45) is 5.16. The Labute approximate surface area is 90.7 Å². The SMILES string of the molecule is C#CCNC(CN)c1sccc1Br. The number of rotatable bonds is 4. The van der Waals surface area contributed by atoms with Crippen LogP contribution in [0, 0.1) is 12.3 Å². The Morgan fingerprint density at radius 3 is 3.00 bits per heavy atom. The van der Waals surface area contributed by atoms with E-state index in [4.69, 9.17) is 12.2 Å². The molecule has 70 valence electrons. The topological polar surface area (TPSA) is 38.0 Å². The third kappa shape index (κ3) is 2.82. The minimum Gasteiger partial charge on any atom is -0.329 e. The summed E-state index contributed by atoms with van der Waals surface area (Å²) in [4.78, 5) is 1.21. The maximum Gasteiger partial charge on any atom is 0.0579 e. The van der Waals surface area contributed by atoms with Crippen LogP contribution in [0.15, 0.2) is 15.9 Å². The van der Waals surface area contributed by atoms with Crippen LogP contribution in [0.2, 0.25) is 0 Å². The van der Waals surface area contributed by atoms with Gasteiger partial charge in [-0.25, -0.2) is 0 Å². The van der Waals surface area contributed by atoms with Gasteiger partial charge in [-0.2, -0.15) is 0 Å². The Morgan fingerprint density at radius 2 is 2.54 bits per heavy atom. The molecule has 1 heterocycles. The van der Waals surface area contributed by atoms with Gasteiger partial charge in [0.15, 0.2) is 0 Å². The molecule has 1 rings (SSSR count). The molecule has 4 heteroatoms. The fourth-order valence-electron chi connectivity index (χ4n) is 1.02. The van der Waals surface area contributed by atoms with Crippen molar-refractivity contribution in [3.8, 4) is 12.3 Å². The molecule has 0 fully saturated rings. The number of terminal acetylenes is 1. The summed E-state index contributed by atoms with van der Waals surface area (Å²) < 4.78 is 1.09. The van der Waals surface area contributed by atoms with Crippen LogP contribution >= 0.6 is 27.3 Å². The third-order valence-corrected chi connectivity index (χ3v) is 3.63. The van der Waals surface area contributed by atoms with Crippen LogP contribution in [-0.4, -0.2) is 13.1 Å². The molecule has 1 unspecified atom stereocenters. The summed E-state index contributed by atoms with van der Waals surface area (Å²) in [5.41, 5.74) is 5.63. The van der Waals surface area contributed by atoms with Crippen molar-refractivity contribution < 1.29 is 0 Å². The standard InChI is InChI=1S/C9H11BrN2S/c1-2-4-12-8(6-11)9-7(10)3-5-13-9/h1,3,5,8,12H,4,6,11H2. The van der Waals surface area contributed by atoms with E-state index in [-0.39, 0.29) is 6.04 Å². The van der Waals surface area contributed by atoms with Crippen molar-refractivity contribution in [2.24, 2.45) is 5.73 Å². The lowest BCUT2D eigenvalue weighted by atomic mass is 10.2. The normalized spacial score (nSPS) is 12.4. The van der Waals surface area contributed by atoms with E-state index in [0.717, 1.165) is 4.47 Å². The first-order valence-electron chi connectivity index (χ1n) is 3.89. The predicted octanol–water partition coefficient (Wildman–Crippen LogP) is 1.73. The molecule has 1 aromatic heterocycles. The highest BCUT2D eigenvalue weighted by molar-refractivity contribution is 9.10. The van der Waals surface area contributed by atoms with Gasteiger partial charge in [-0.3, -0.25) is 5.32 Å². The van der Waals surface area contributed by atoms with Crippen LogP contribution in [0.25, 0.3) is 0 Å². The molecule has 0 saturated heterocycles. The maximum absolute atomic E-state index is 5.63. The number of nitrogens with two attached hydrogens (primary N) is 1. The van der Waals surface area contributed by atoms with E-state index in [2.05, 4.69) is 27.2 Å². The average molecular weight is 259 g/mol. The molecule has 0 bridgehead atoms. The fraction of sp³-hybridized carbons (Fsp3) is 0.333. The van der Waals surface area contributed by atoms with Gasteiger partial charge in [0.05, 0.1) is 12.6 Å². The molecule has 0 aromatic carbocycles. The van der Waals surface area contributed by atoms with Crippen molar-refractivity contribution in [3.05, 3.63) is 20.8 Å². The molecule has 0 saturated carbocycles. The van der Waals surface area contributed by atoms with Crippen LogP contribution in [0.3, 0.4) is 0 Å². The lowest BCUT2D eigenvalue weighted by molar-refractivity contribution is 0.589. The highest BCUT2D eigenvalue weighted by atomic mass is 79.9. The van der Waals surface area contributed by atoms with E-state index >= 15 is 0 Å². The Balaban J connectivity index is 2.68. The third-order valence-electron chi connectivity index (χ3n) is 1.65. The first-order valence-corrected chi connectivity index (χ1v) is 5.56. The minimum atomic E-state index is 0.158. The van der Waals surface area contributed by atoms with Gasteiger partial charge >= 0.3 is 0 Å². The zero-order chi connectivity index (χ0) is 9.68. The molecule has 13 heavy (non-hydrogen) atoms.